The zero-order chi connectivity index (χ0) is 19.0. The van der Waals surface area contributed by atoms with Crippen LogP contribution in [0, 0.1) is 5.92 Å². The van der Waals surface area contributed by atoms with Gasteiger partial charge in [-0.2, -0.15) is 0 Å². The molecule has 156 valence electrons. The number of benzene rings is 1. The Hall–Kier alpha value is -0.940. The average Bonchev–Trinajstić information content (AvgIpc) is 2.78. The Labute approximate surface area is 172 Å². The lowest BCUT2D eigenvalue weighted by Gasteiger charge is -2.44. The Balaban J connectivity index is 1.15. The summed E-state index contributed by atoms with van der Waals surface area (Å²) in [4.78, 5) is 8.08. The molecule has 4 heteroatoms. The number of hydrogen-bond donors (Lipinski definition) is 1. The molecule has 28 heavy (non-hydrogen) atoms. The standard InChI is InChI=1S/C24H40N4/c1-3-7-22(8-4-1)11-14-26-17-19-28(20-18-26)24-21-27(16-13-25-24)15-12-23-9-5-2-6-10-23/h1,3-4,7-8,23-25H,2,5-6,9-21H2. The normalized spacial score (nSPS) is 26.5. The minimum atomic E-state index is 0.566. The van der Waals surface area contributed by atoms with Crippen LogP contribution in [0.15, 0.2) is 30.3 Å². The Bertz CT molecular complexity index is 549. The third kappa shape index (κ3) is 6.03. The van der Waals surface area contributed by atoms with Crippen molar-refractivity contribution < 1.29 is 0 Å². The van der Waals surface area contributed by atoms with Gasteiger partial charge in [0.15, 0.2) is 0 Å². The molecule has 4 nitrogen and oxygen atoms in total. The summed E-state index contributed by atoms with van der Waals surface area (Å²) in [7, 11) is 0. The molecular weight excluding hydrogens is 344 g/mol. The summed E-state index contributed by atoms with van der Waals surface area (Å²) < 4.78 is 0. The largest absolute Gasteiger partial charge is 0.300 e. The van der Waals surface area contributed by atoms with E-state index in [1.807, 2.05) is 0 Å². The second-order valence-electron chi connectivity index (χ2n) is 9.18. The molecule has 1 unspecified atom stereocenters. The maximum Gasteiger partial charge on any atom is 0.0729 e. The first-order chi connectivity index (χ1) is 13.9. The van der Waals surface area contributed by atoms with E-state index in [2.05, 4.69) is 50.3 Å². The fourth-order valence-corrected chi connectivity index (χ4v) is 5.31. The summed E-state index contributed by atoms with van der Waals surface area (Å²) in [6, 6.07) is 10.9. The van der Waals surface area contributed by atoms with Crippen molar-refractivity contribution in [1.29, 1.82) is 0 Å². The highest BCUT2D eigenvalue weighted by Gasteiger charge is 2.28. The van der Waals surface area contributed by atoms with Crippen LogP contribution in [0.5, 0.6) is 0 Å². The third-order valence-electron chi connectivity index (χ3n) is 7.22. The Morgan fingerprint density at radius 1 is 0.821 bits per heavy atom. The maximum atomic E-state index is 3.80. The van der Waals surface area contributed by atoms with E-state index in [1.54, 1.807) is 0 Å². The van der Waals surface area contributed by atoms with Crippen molar-refractivity contribution in [1.82, 2.24) is 20.0 Å². The van der Waals surface area contributed by atoms with Gasteiger partial charge in [-0.05, 0) is 30.9 Å². The van der Waals surface area contributed by atoms with Gasteiger partial charge in [0.25, 0.3) is 0 Å². The van der Waals surface area contributed by atoms with Crippen LogP contribution in [0.2, 0.25) is 0 Å². The molecule has 2 aliphatic heterocycles. The van der Waals surface area contributed by atoms with Gasteiger partial charge in [0, 0.05) is 52.4 Å². The SMILES string of the molecule is c1ccc(CCN2CCN(C3CN(CCC4CCCCC4)CCN3)CC2)cc1. The molecule has 0 radical (unpaired) electrons. The Morgan fingerprint density at radius 3 is 2.39 bits per heavy atom. The quantitative estimate of drug-likeness (QED) is 0.780. The molecule has 1 atom stereocenters. The summed E-state index contributed by atoms with van der Waals surface area (Å²) >= 11 is 0. The first-order valence-corrected chi connectivity index (χ1v) is 11.8. The fourth-order valence-electron chi connectivity index (χ4n) is 5.31. The van der Waals surface area contributed by atoms with Gasteiger partial charge in [0.1, 0.15) is 0 Å². The van der Waals surface area contributed by atoms with Gasteiger partial charge in [0.05, 0.1) is 6.17 Å². The molecular formula is C24H40N4. The first kappa shape index (κ1) is 20.3. The molecule has 0 spiro atoms. The van der Waals surface area contributed by atoms with E-state index in [9.17, 15) is 0 Å². The number of piperazine rings is 2. The van der Waals surface area contributed by atoms with Crippen molar-refractivity contribution in [2.75, 3.05) is 58.9 Å². The Morgan fingerprint density at radius 2 is 1.61 bits per heavy atom. The van der Waals surface area contributed by atoms with Gasteiger partial charge in [-0.3, -0.25) is 15.1 Å². The molecule has 1 aromatic carbocycles. The number of hydrogen-bond acceptors (Lipinski definition) is 4. The molecule has 0 bridgehead atoms. The zero-order valence-corrected chi connectivity index (χ0v) is 17.7. The second-order valence-corrected chi connectivity index (χ2v) is 9.18. The van der Waals surface area contributed by atoms with Gasteiger partial charge >= 0.3 is 0 Å². The van der Waals surface area contributed by atoms with Crippen molar-refractivity contribution in [3.63, 3.8) is 0 Å². The lowest BCUT2D eigenvalue weighted by Crippen LogP contribution is -2.62. The molecule has 2 heterocycles. The number of nitrogens with zero attached hydrogens (tertiary/aromatic N) is 3. The lowest BCUT2D eigenvalue weighted by molar-refractivity contribution is 0.0401. The van der Waals surface area contributed by atoms with Crippen molar-refractivity contribution >= 4 is 0 Å². The number of nitrogens with one attached hydrogen (secondary N) is 1. The van der Waals surface area contributed by atoms with Crippen molar-refractivity contribution in [3.8, 4) is 0 Å². The van der Waals surface area contributed by atoms with Crippen molar-refractivity contribution in [3.05, 3.63) is 35.9 Å². The summed E-state index contributed by atoms with van der Waals surface area (Å²) in [6.45, 7) is 11.0. The van der Waals surface area contributed by atoms with Crippen LogP contribution in [-0.2, 0) is 6.42 Å². The molecule has 1 aromatic rings. The molecule has 4 rings (SSSR count). The highest BCUT2D eigenvalue weighted by Crippen LogP contribution is 2.26. The zero-order valence-electron chi connectivity index (χ0n) is 17.7. The van der Waals surface area contributed by atoms with E-state index < -0.39 is 0 Å². The third-order valence-corrected chi connectivity index (χ3v) is 7.22. The Kier molecular flexibility index (Phi) is 7.79. The molecule has 0 aromatic heterocycles. The van der Waals surface area contributed by atoms with Crippen molar-refractivity contribution in [2.45, 2.75) is 51.1 Å². The van der Waals surface area contributed by atoms with Gasteiger partial charge < -0.3 is 4.90 Å². The summed E-state index contributed by atoms with van der Waals surface area (Å²) in [6.07, 6.45) is 10.6. The molecule has 3 fully saturated rings. The topological polar surface area (TPSA) is 21.8 Å². The summed E-state index contributed by atoms with van der Waals surface area (Å²) in [5, 5.41) is 3.80. The number of rotatable bonds is 7. The van der Waals surface area contributed by atoms with Gasteiger partial charge in [-0.25, -0.2) is 0 Å². The van der Waals surface area contributed by atoms with Crippen LogP contribution in [0.3, 0.4) is 0 Å². The molecule has 1 saturated carbocycles. The van der Waals surface area contributed by atoms with E-state index in [-0.39, 0.29) is 0 Å². The predicted molar refractivity (Wildman–Crippen MR) is 118 cm³/mol. The molecule has 2 saturated heterocycles. The van der Waals surface area contributed by atoms with Gasteiger partial charge in [-0.1, -0.05) is 62.4 Å². The minimum absolute atomic E-state index is 0.566. The lowest BCUT2D eigenvalue weighted by atomic mass is 9.87. The highest BCUT2D eigenvalue weighted by molar-refractivity contribution is 5.14. The maximum absolute atomic E-state index is 3.80. The summed E-state index contributed by atoms with van der Waals surface area (Å²) in [5.41, 5.74) is 1.47. The van der Waals surface area contributed by atoms with Crippen LogP contribution in [0.1, 0.15) is 44.1 Å². The van der Waals surface area contributed by atoms with E-state index in [4.69, 9.17) is 0 Å². The van der Waals surface area contributed by atoms with Crippen molar-refractivity contribution in [2.24, 2.45) is 5.92 Å². The van der Waals surface area contributed by atoms with Crippen LogP contribution in [-0.4, -0.2) is 79.8 Å². The fraction of sp³-hybridized carbons (Fsp3) is 0.750. The smallest absolute Gasteiger partial charge is 0.0729 e. The van der Waals surface area contributed by atoms with E-state index in [0.29, 0.717) is 6.17 Å². The second kappa shape index (κ2) is 10.7. The van der Waals surface area contributed by atoms with Crippen LogP contribution >= 0.6 is 0 Å². The van der Waals surface area contributed by atoms with E-state index in [1.165, 1.54) is 103 Å². The minimum Gasteiger partial charge on any atom is -0.300 e. The first-order valence-electron chi connectivity index (χ1n) is 11.8. The molecule has 1 aliphatic carbocycles. The average molecular weight is 385 g/mol. The van der Waals surface area contributed by atoms with Gasteiger partial charge in [0.2, 0.25) is 0 Å². The van der Waals surface area contributed by atoms with E-state index in [0.717, 1.165) is 12.5 Å². The predicted octanol–water partition coefficient (Wildman–Crippen LogP) is 3.05. The molecule has 1 N–H and O–H groups in total. The molecule has 0 amide bonds. The summed E-state index contributed by atoms with van der Waals surface area (Å²) in [5.74, 6) is 1.01. The highest BCUT2D eigenvalue weighted by atomic mass is 15.4. The van der Waals surface area contributed by atoms with Crippen LogP contribution in [0.25, 0.3) is 0 Å². The van der Waals surface area contributed by atoms with Gasteiger partial charge in [-0.15, -0.1) is 0 Å². The molecule has 3 aliphatic rings. The van der Waals surface area contributed by atoms with E-state index >= 15 is 0 Å². The van der Waals surface area contributed by atoms with Crippen LogP contribution < -0.4 is 5.32 Å². The monoisotopic (exact) mass is 384 g/mol. The van der Waals surface area contributed by atoms with Crippen LogP contribution in [0.4, 0.5) is 0 Å².